The Morgan fingerprint density at radius 3 is 2.73 bits per heavy atom. The largest absolute Gasteiger partial charge is 0.490 e. The zero-order valence-electron chi connectivity index (χ0n) is 13.6. The van der Waals surface area contributed by atoms with Gasteiger partial charge in [-0.15, -0.1) is 0 Å². The number of sulfone groups is 1. The van der Waals surface area contributed by atoms with Crippen LogP contribution in [0.4, 0.5) is 5.69 Å². The van der Waals surface area contributed by atoms with Gasteiger partial charge < -0.3 is 9.30 Å². The maximum Gasteiger partial charge on any atom is 0.311 e. The Morgan fingerprint density at radius 2 is 2.08 bits per heavy atom. The van der Waals surface area contributed by atoms with E-state index in [1.807, 2.05) is 0 Å². The first kappa shape index (κ1) is 18.0. The molecule has 0 fully saturated rings. The van der Waals surface area contributed by atoms with E-state index in [4.69, 9.17) is 16.3 Å². The molecule has 26 heavy (non-hydrogen) atoms. The molecular weight excluding hydrogens is 386 g/mol. The first-order valence-electron chi connectivity index (χ1n) is 7.11. The highest BCUT2D eigenvalue weighted by molar-refractivity contribution is 7.90. The van der Waals surface area contributed by atoms with E-state index in [0.29, 0.717) is 0 Å². The molecule has 0 amide bonds. The van der Waals surface area contributed by atoms with Crippen LogP contribution in [0, 0.1) is 10.1 Å². The van der Waals surface area contributed by atoms with Gasteiger partial charge in [-0.05, 0) is 11.6 Å². The van der Waals surface area contributed by atoms with Crippen LogP contribution >= 0.6 is 11.6 Å². The Kier molecular flexibility index (Phi) is 4.50. The van der Waals surface area contributed by atoms with Gasteiger partial charge in [0.05, 0.1) is 24.1 Å². The molecule has 1 aromatic carbocycles. The molecule has 0 aliphatic rings. The Labute approximate surface area is 152 Å². The van der Waals surface area contributed by atoms with E-state index < -0.39 is 25.7 Å². The van der Waals surface area contributed by atoms with E-state index in [1.165, 1.54) is 30.1 Å². The summed E-state index contributed by atoms with van der Waals surface area (Å²) in [5.74, 6) is -0.496. The van der Waals surface area contributed by atoms with Crippen molar-refractivity contribution in [3.8, 4) is 5.75 Å². The molecule has 136 valence electrons. The van der Waals surface area contributed by atoms with E-state index in [9.17, 15) is 18.5 Å². The maximum atomic E-state index is 12.7. The van der Waals surface area contributed by atoms with Gasteiger partial charge in [0, 0.05) is 13.1 Å². The van der Waals surface area contributed by atoms with Crippen LogP contribution in [0.2, 0.25) is 5.15 Å². The molecule has 12 heteroatoms. The summed E-state index contributed by atoms with van der Waals surface area (Å²) in [6.45, 7) is 0. The zero-order chi connectivity index (χ0) is 19.1. The van der Waals surface area contributed by atoms with Crippen molar-refractivity contribution in [1.82, 2.24) is 19.5 Å². The number of fused-ring (bicyclic) bond motifs is 1. The van der Waals surface area contributed by atoms with Crippen LogP contribution in [0.25, 0.3) is 11.2 Å². The van der Waals surface area contributed by atoms with Crippen molar-refractivity contribution in [3.63, 3.8) is 0 Å². The van der Waals surface area contributed by atoms with Gasteiger partial charge in [-0.2, -0.15) is 4.98 Å². The Bertz CT molecular complexity index is 1130. The van der Waals surface area contributed by atoms with E-state index in [1.54, 1.807) is 7.05 Å². The smallest absolute Gasteiger partial charge is 0.311 e. The number of halogens is 1. The quantitative estimate of drug-likeness (QED) is 0.276. The standard InChI is InChI=1S/C14H12ClN5O5S/c1-19-7-16-11-12(15)17-14(18-13(11)19)26(23,24)6-8-3-4-10(25-2)9(5-8)20(21)22/h3-5,7H,6H2,1-2H3. The molecule has 3 aromatic rings. The second kappa shape index (κ2) is 6.50. The van der Waals surface area contributed by atoms with Crippen molar-refractivity contribution in [3.05, 3.63) is 45.4 Å². The number of aryl methyl sites for hydroxylation is 1. The lowest BCUT2D eigenvalue weighted by molar-refractivity contribution is -0.385. The number of benzene rings is 1. The third-order valence-electron chi connectivity index (χ3n) is 3.57. The third kappa shape index (κ3) is 3.18. The lowest BCUT2D eigenvalue weighted by atomic mass is 10.2. The molecule has 2 heterocycles. The summed E-state index contributed by atoms with van der Waals surface area (Å²) in [5.41, 5.74) is 0.418. The number of nitro benzene ring substituents is 1. The molecule has 0 aliphatic heterocycles. The molecule has 3 rings (SSSR count). The van der Waals surface area contributed by atoms with Gasteiger partial charge in [0.25, 0.3) is 5.16 Å². The highest BCUT2D eigenvalue weighted by Crippen LogP contribution is 2.29. The van der Waals surface area contributed by atoms with E-state index in [0.717, 1.165) is 6.07 Å². The monoisotopic (exact) mass is 397 g/mol. The van der Waals surface area contributed by atoms with Crippen LogP contribution in [0.5, 0.6) is 5.75 Å². The Morgan fingerprint density at radius 1 is 1.35 bits per heavy atom. The van der Waals surface area contributed by atoms with Gasteiger partial charge in [0.2, 0.25) is 9.84 Å². The van der Waals surface area contributed by atoms with Crippen molar-refractivity contribution in [1.29, 1.82) is 0 Å². The van der Waals surface area contributed by atoms with Crippen molar-refractivity contribution >= 4 is 38.3 Å². The molecule has 0 bridgehead atoms. The van der Waals surface area contributed by atoms with Crippen molar-refractivity contribution in [2.24, 2.45) is 7.05 Å². The lowest BCUT2D eigenvalue weighted by Gasteiger charge is -2.06. The molecule has 0 N–H and O–H groups in total. The average molecular weight is 398 g/mol. The number of hydrogen-bond donors (Lipinski definition) is 0. The molecule has 0 spiro atoms. The normalized spacial score (nSPS) is 11.7. The minimum Gasteiger partial charge on any atom is -0.490 e. The van der Waals surface area contributed by atoms with Crippen LogP contribution in [0.3, 0.4) is 0 Å². The maximum absolute atomic E-state index is 12.7. The van der Waals surface area contributed by atoms with Crippen molar-refractivity contribution in [2.45, 2.75) is 10.9 Å². The SMILES string of the molecule is COc1ccc(CS(=O)(=O)c2nc(Cl)c3ncn(C)c3n2)cc1[N+](=O)[O-]. The summed E-state index contributed by atoms with van der Waals surface area (Å²) in [6.07, 6.45) is 1.44. The van der Waals surface area contributed by atoms with E-state index in [2.05, 4.69) is 15.0 Å². The molecular formula is C14H12ClN5O5S. The topological polar surface area (TPSA) is 130 Å². The van der Waals surface area contributed by atoms with Crippen molar-refractivity contribution in [2.75, 3.05) is 7.11 Å². The van der Waals surface area contributed by atoms with E-state index >= 15 is 0 Å². The summed E-state index contributed by atoms with van der Waals surface area (Å²) in [4.78, 5) is 22.3. The number of imidazole rings is 1. The first-order chi connectivity index (χ1) is 12.2. The van der Waals surface area contributed by atoms with Gasteiger partial charge in [-0.3, -0.25) is 10.1 Å². The number of nitrogens with zero attached hydrogens (tertiary/aromatic N) is 5. The second-order valence-corrected chi connectivity index (χ2v) is 7.59. The second-order valence-electron chi connectivity index (χ2n) is 5.35. The van der Waals surface area contributed by atoms with Crippen LogP contribution in [0.15, 0.2) is 29.7 Å². The Balaban J connectivity index is 2.03. The number of hydrogen-bond acceptors (Lipinski definition) is 8. The van der Waals surface area contributed by atoms with Crippen LogP contribution < -0.4 is 4.74 Å². The van der Waals surface area contributed by atoms with Gasteiger partial charge in [0.15, 0.2) is 16.5 Å². The van der Waals surface area contributed by atoms with Crippen LogP contribution in [-0.2, 0) is 22.6 Å². The fourth-order valence-corrected chi connectivity index (χ4v) is 3.81. The minimum atomic E-state index is -4.00. The van der Waals surface area contributed by atoms with Crippen LogP contribution in [0.1, 0.15) is 5.56 Å². The number of rotatable bonds is 5. The summed E-state index contributed by atoms with van der Waals surface area (Å²) < 4.78 is 31.7. The highest BCUT2D eigenvalue weighted by Gasteiger charge is 2.24. The number of nitro groups is 1. The zero-order valence-corrected chi connectivity index (χ0v) is 15.2. The van der Waals surface area contributed by atoms with E-state index in [-0.39, 0.29) is 33.3 Å². The van der Waals surface area contributed by atoms with Crippen LogP contribution in [-0.4, -0.2) is 40.0 Å². The number of methoxy groups -OCH3 is 1. The average Bonchev–Trinajstić information content (AvgIpc) is 2.96. The third-order valence-corrected chi connectivity index (χ3v) is 5.29. The number of ether oxygens (including phenoxy) is 1. The molecule has 0 radical (unpaired) electrons. The van der Waals surface area contributed by atoms with Gasteiger partial charge in [-0.25, -0.2) is 18.4 Å². The molecule has 0 saturated carbocycles. The fourth-order valence-electron chi connectivity index (χ4n) is 2.34. The van der Waals surface area contributed by atoms with Crippen molar-refractivity contribution < 1.29 is 18.1 Å². The highest BCUT2D eigenvalue weighted by atomic mass is 35.5. The summed E-state index contributed by atoms with van der Waals surface area (Å²) in [6, 6.07) is 3.90. The fraction of sp³-hybridized carbons (Fsp3) is 0.214. The summed E-state index contributed by atoms with van der Waals surface area (Å²) in [7, 11) is -1.07. The lowest BCUT2D eigenvalue weighted by Crippen LogP contribution is -2.11. The molecule has 0 aliphatic carbocycles. The minimum absolute atomic E-state index is 0.0340. The predicted molar refractivity (Wildman–Crippen MR) is 91.9 cm³/mol. The van der Waals surface area contributed by atoms with Gasteiger partial charge >= 0.3 is 5.69 Å². The summed E-state index contributed by atoms with van der Waals surface area (Å²) in [5, 5.41) is 10.5. The van der Waals surface area contributed by atoms with Gasteiger partial charge in [-0.1, -0.05) is 17.7 Å². The molecule has 2 aromatic heterocycles. The molecule has 10 nitrogen and oxygen atoms in total. The number of aromatic nitrogens is 4. The molecule has 0 unspecified atom stereocenters. The molecule has 0 saturated heterocycles. The predicted octanol–water partition coefficient (Wildman–Crippen LogP) is 1.91. The first-order valence-corrected chi connectivity index (χ1v) is 9.14. The summed E-state index contributed by atoms with van der Waals surface area (Å²) >= 11 is 5.99. The van der Waals surface area contributed by atoms with Gasteiger partial charge in [0.1, 0.15) is 5.52 Å². The molecule has 0 atom stereocenters. The Hall–Kier alpha value is -2.79.